The molecule has 0 aliphatic heterocycles. The van der Waals surface area contributed by atoms with E-state index in [1.54, 1.807) is 14.2 Å². The fourth-order valence-electron chi connectivity index (χ4n) is 11.4. The van der Waals surface area contributed by atoms with Crippen molar-refractivity contribution in [3.8, 4) is 11.5 Å². The molecule has 0 bridgehead atoms. The number of hydrogen-bond acceptors (Lipinski definition) is 6. The van der Waals surface area contributed by atoms with Crippen LogP contribution in [0, 0.1) is 0 Å². The molecule has 1 aliphatic rings. The molecule has 6 heteroatoms. The Bertz CT molecular complexity index is 3960. The van der Waals surface area contributed by atoms with Gasteiger partial charge >= 0.3 is 0 Å². The fourth-order valence-corrected chi connectivity index (χ4v) is 13.8. The minimum Gasteiger partial charge on any atom is -0.497 e. The van der Waals surface area contributed by atoms with Crippen LogP contribution in [0.5, 0.6) is 11.5 Å². The summed E-state index contributed by atoms with van der Waals surface area (Å²) in [5.41, 5.74) is 11.1. The van der Waals surface area contributed by atoms with E-state index in [-0.39, 0.29) is 11.3 Å². The average molecular weight is 919 g/mol. The summed E-state index contributed by atoms with van der Waals surface area (Å²) in [5.74, 6) is 1.94. The minimum atomic E-state index is -0.0515. The minimum absolute atomic E-state index is 0.0515. The van der Waals surface area contributed by atoms with Gasteiger partial charge in [0.1, 0.15) is 11.5 Å². The molecule has 13 rings (SSSR count). The number of rotatable bonds is 9. The molecule has 0 atom stereocenters. The third kappa shape index (κ3) is 6.10. The number of fused-ring (bicyclic) bond motifs is 6. The van der Waals surface area contributed by atoms with Crippen LogP contribution in [0.2, 0.25) is 0 Å². The van der Waals surface area contributed by atoms with Gasteiger partial charge < -0.3 is 19.3 Å². The van der Waals surface area contributed by atoms with Gasteiger partial charge in [-0.2, -0.15) is 0 Å². The summed E-state index contributed by atoms with van der Waals surface area (Å²) in [5, 5.41) is 13.1. The van der Waals surface area contributed by atoms with Crippen molar-refractivity contribution in [2.24, 2.45) is 0 Å². The molecular formula is C62H50N2O2S2. The van der Waals surface area contributed by atoms with Gasteiger partial charge in [-0.1, -0.05) is 100 Å². The molecule has 0 N–H and O–H groups in total. The number of ether oxygens (including phenoxy) is 2. The molecule has 0 fully saturated rings. The van der Waals surface area contributed by atoms with Gasteiger partial charge in [0.15, 0.2) is 0 Å². The lowest BCUT2D eigenvalue weighted by Gasteiger charge is -2.37. The van der Waals surface area contributed by atoms with E-state index in [0.29, 0.717) is 0 Å². The van der Waals surface area contributed by atoms with Crippen LogP contribution in [-0.4, -0.2) is 14.2 Å². The summed E-state index contributed by atoms with van der Waals surface area (Å²) in [6, 6.07) is 61.2. The third-order valence-corrected chi connectivity index (χ3v) is 17.3. The predicted octanol–water partition coefficient (Wildman–Crippen LogP) is 18.6. The van der Waals surface area contributed by atoms with Crippen LogP contribution in [0.1, 0.15) is 56.7 Å². The Morgan fingerprint density at radius 3 is 1.53 bits per heavy atom. The summed E-state index contributed by atoms with van der Waals surface area (Å²) in [6.45, 7) is 9.62. The van der Waals surface area contributed by atoms with E-state index in [1.165, 1.54) is 112 Å². The van der Waals surface area contributed by atoms with Gasteiger partial charge in [0.2, 0.25) is 0 Å². The molecule has 68 heavy (non-hydrogen) atoms. The standard InChI is InChI=1S/C62H50N2O2S2/c1-36(2)48-35-54(64(39-23-27-41(66-6)28-24-39)52-18-12-16-46-43-14-8-10-20-56(43)68-61(46)52)49-34-50-57-37(31-32-62(50,3)4)33-53(47-30-29-44(48)58(49)59(47)57)63(38-21-25-40(65-5)26-22-38)51-17-11-15-45-42-13-7-9-19-55(42)67-60(45)51/h7-30,33-36H,31-32H2,1-6H3. The molecule has 0 saturated carbocycles. The van der Waals surface area contributed by atoms with Crippen molar-refractivity contribution in [2.75, 3.05) is 24.0 Å². The van der Waals surface area contributed by atoms with Gasteiger partial charge in [-0.15, -0.1) is 22.7 Å². The normalized spacial score (nSPS) is 13.6. The number of hydrogen-bond donors (Lipinski definition) is 0. The highest BCUT2D eigenvalue weighted by Gasteiger charge is 2.34. The molecule has 2 aromatic heterocycles. The number of benzene rings is 10. The zero-order valence-electron chi connectivity index (χ0n) is 39.1. The SMILES string of the molecule is COc1ccc(N(c2cc(C(C)C)c3ccc4c(N(c5ccc(OC)cc5)c5cccc6c5sc5ccccc56)cc5c6c(cc2c3c46)C(C)(C)CC5)c2cccc3c2sc2ccccc23)cc1. The molecule has 10 aromatic carbocycles. The molecule has 0 amide bonds. The second kappa shape index (κ2) is 15.5. The molecule has 0 saturated heterocycles. The number of anilines is 6. The summed E-state index contributed by atoms with van der Waals surface area (Å²) < 4.78 is 16.6. The molecule has 0 spiro atoms. The third-order valence-electron chi connectivity index (χ3n) is 14.8. The molecule has 0 radical (unpaired) electrons. The predicted molar refractivity (Wildman–Crippen MR) is 294 cm³/mol. The first kappa shape index (κ1) is 41.1. The lowest BCUT2D eigenvalue weighted by atomic mass is 9.70. The van der Waals surface area contributed by atoms with Crippen LogP contribution < -0.4 is 19.3 Å². The average Bonchev–Trinajstić information content (AvgIpc) is 3.95. The highest BCUT2D eigenvalue weighted by molar-refractivity contribution is 7.26. The highest BCUT2D eigenvalue weighted by atomic mass is 32.1. The van der Waals surface area contributed by atoms with E-state index >= 15 is 0 Å². The Balaban J connectivity index is 1.17. The van der Waals surface area contributed by atoms with Crippen molar-refractivity contribution in [2.45, 2.75) is 51.9 Å². The quantitative estimate of drug-likeness (QED) is 0.135. The molecule has 332 valence electrons. The Hall–Kier alpha value is -7.12. The van der Waals surface area contributed by atoms with Crippen molar-refractivity contribution in [1.29, 1.82) is 0 Å². The van der Waals surface area contributed by atoms with Crippen molar-refractivity contribution >= 4 is 129 Å². The highest BCUT2D eigenvalue weighted by Crippen LogP contribution is 2.56. The second-order valence-electron chi connectivity index (χ2n) is 19.4. The largest absolute Gasteiger partial charge is 0.497 e. The van der Waals surface area contributed by atoms with E-state index in [9.17, 15) is 0 Å². The van der Waals surface area contributed by atoms with E-state index in [4.69, 9.17) is 9.47 Å². The van der Waals surface area contributed by atoms with Crippen LogP contribution in [0.4, 0.5) is 34.1 Å². The van der Waals surface area contributed by atoms with E-state index in [0.717, 1.165) is 35.7 Å². The van der Waals surface area contributed by atoms with E-state index < -0.39 is 0 Å². The summed E-state index contributed by atoms with van der Waals surface area (Å²) in [4.78, 5) is 5.08. The van der Waals surface area contributed by atoms with Gasteiger partial charge in [-0.05, 0) is 148 Å². The monoisotopic (exact) mass is 918 g/mol. The number of thiophene rings is 2. The maximum absolute atomic E-state index is 5.76. The molecule has 0 unspecified atom stereocenters. The lowest BCUT2D eigenvalue weighted by molar-refractivity contribution is 0.414. The molecule has 1 aliphatic carbocycles. The smallest absolute Gasteiger partial charge is 0.119 e. The molecule has 12 aromatic rings. The molecular weight excluding hydrogens is 869 g/mol. The van der Waals surface area contributed by atoms with Gasteiger partial charge in [0.05, 0.1) is 46.4 Å². The van der Waals surface area contributed by atoms with Crippen molar-refractivity contribution in [3.63, 3.8) is 0 Å². The van der Waals surface area contributed by atoms with Crippen molar-refractivity contribution < 1.29 is 9.47 Å². The van der Waals surface area contributed by atoms with E-state index in [1.807, 2.05) is 22.7 Å². The Morgan fingerprint density at radius 1 is 0.471 bits per heavy atom. The summed E-state index contributed by atoms with van der Waals surface area (Å²) in [6.07, 6.45) is 2.06. The topological polar surface area (TPSA) is 24.9 Å². The van der Waals surface area contributed by atoms with Crippen LogP contribution in [0.25, 0.3) is 72.7 Å². The Morgan fingerprint density at radius 2 is 0.985 bits per heavy atom. The fraction of sp³-hybridized carbons (Fsp3) is 0.161. The van der Waals surface area contributed by atoms with Gasteiger partial charge in [-0.25, -0.2) is 0 Å². The van der Waals surface area contributed by atoms with Gasteiger partial charge in [-0.3, -0.25) is 0 Å². The zero-order valence-corrected chi connectivity index (χ0v) is 40.7. The van der Waals surface area contributed by atoms with Gasteiger partial charge in [0, 0.05) is 58.5 Å². The lowest BCUT2D eigenvalue weighted by Crippen LogP contribution is -2.24. The van der Waals surface area contributed by atoms with Gasteiger partial charge in [0.25, 0.3) is 0 Å². The second-order valence-corrected chi connectivity index (χ2v) is 21.5. The van der Waals surface area contributed by atoms with Crippen LogP contribution in [0.15, 0.2) is 164 Å². The van der Waals surface area contributed by atoms with E-state index in [2.05, 4.69) is 201 Å². The molecule has 4 nitrogen and oxygen atoms in total. The number of methoxy groups -OCH3 is 2. The number of nitrogens with zero attached hydrogens (tertiary/aromatic N) is 2. The van der Waals surface area contributed by atoms with Crippen molar-refractivity contribution in [1.82, 2.24) is 0 Å². The Labute approximate surface area is 404 Å². The molecule has 2 heterocycles. The first-order chi connectivity index (χ1) is 33.2. The zero-order chi connectivity index (χ0) is 46.0. The number of aryl methyl sites for hydroxylation is 1. The Kier molecular flexibility index (Phi) is 9.34. The summed E-state index contributed by atoms with van der Waals surface area (Å²) in [7, 11) is 3.49. The maximum atomic E-state index is 5.76. The summed E-state index contributed by atoms with van der Waals surface area (Å²) >= 11 is 3.76. The maximum Gasteiger partial charge on any atom is 0.119 e. The first-order valence-electron chi connectivity index (χ1n) is 23.7. The van der Waals surface area contributed by atoms with Crippen LogP contribution in [0.3, 0.4) is 0 Å². The first-order valence-corrected chi connectivity index (χ1v) is 25.3. The van der Waals surface area contributed by atoms with Crippen LogP contribution in [-0.2, 0) is 11.8 Å². The van der Waals surface area contributed by atoms with Crippen LogP contribution >= 0.6 is 22.7 Å². The van der Waals surface area contributed by atoms with Crippen molar-refractivity contribution in [3.05, 3.63) is 180 Å².